The van der Waals surface area contributed by atoms with Crippen molar-refractivity contribution >= 4 is 11.9 Å². The molecule has 0 aromatic rings. The molecular weight excluding hydrogens is 909 g/mol. The summed E-state index contributed by atoms with van der Waals surface area (Å²) in [5.74, 6) is -0.572. The van der Waals surface area contributed by atoms with Crippen molar-refractivity contribution in [3.05, 3.63) is 48.6 Å². The van der Waals surface area contributed by atoms with Crippen LogP contribution in [0.3, 0.4) is 0 Å². The van der Waals surface area contributed by atoms with Crippen molar-refractivity contribution in [3.63, 3.8) is 0 Å². The molecular formula is C69H128O5. The molecule has 0 aliphatic heterocycles. The van der Waals surface area contributed by atoms with E-state index in [1.807, 2.05) is 0 Å². The van der Waals surface area contributed by atoms with Gasteiger partial charge < -0.3 is 14.6 Å². The molecule has 0 radical (unpaired) electrons. The molecule has 0 spiro atoms. The smallest absolute Gasteiger partial charge is 0.306 e. The van der Waals surface area contributed by atoms with Gasteiger partial charge in [-0.2, -0.15) is 0 Å². The largest absolute Gasteiger partial charge is 0.462 e. The van der Waals surface area contributed by atoms with Gasteiger partial charge in [0.05, 0.1) is 6.61 Å². The molecule has 0 bridgehead atoms. The Morgan fingerprint density at radius 3 is 0.824 bits per heavy atom. The van der Waals surface area contributed by atoms with Crippen LogP contribution >= 0.6 is 0 Å². The number of hydrogen-bond donors (Lipinski definition) is 1. The van der Waals surface area contributed by atoms with Gasteiger partial charge in [-0.05, 0) is 77.0 Å². The van der Waals surface area contributed by atoms with Crippen molar-refractivity contribution < 1.29 is 24.2 Å². The predicted molar refractivity (Wildman–Crippen MR) is 325 cm³/mol. The lowest BCUT2D eigenvalue weighted by atomic mass is 10.0. The summed E-state index contributed by atoms with van der Waals surface area (Å²) < 4.78 is 10.7. The Morgan fingerprint density at radius 2 is 0.541 bits per heavy atom. The van der Waals surface area contributed by atoms with Crippen LogP contribution in [0.25, 0.3) is 0 Å². The maximum absolute atomic E-state index is 12.3. The molecule has 5 heteroatoms. The maximum atomic E-state index is 12.3. The molecule has 1 unspecified atom stereocenters. The Kier molecular flexibility index (Phi) is 63.3. The quantitative estimate of drug-likeness (QED) is 0.0373. The number of carbonyl (C=O) groups is 2. The van der Waals surface area contributed by atoms with Gasteiger partial charge >= 0.3 is 11.9 Å². The van der Waals surface area contributed by atoms with Crippen molar-refractivity contribution in [3.8, 4) is 0 Å². The molecule has 0 aliphatic carbocycles. The molecule has 0 aromatic carbocycles. The molecule has 0 heterocycles. The van der Waals surface area contributed by atoms with E-state index in [4.69, 9.17) is 9.47 Å². The minimum absolute atomic E-state index is 0.0616. The lowest BCUT2D eigenvalue weighted by molar-refractivity contribution is -0.161. The maximum Gasteiger partial charge on any atom is 0.306 e. The van der Waals surface area contributed by atoms with Gasteiger partial charge in [0.2, 0.25) is 0 Å². The summed E-state index contributed by atoms with van der Waals surface area (Å²) in [6.45, 7) is 4.18. The van der Waals surface area contributed by atoms with E-state index < -0.39 is 6.10 Å². The Hall–Kier alpha value is -2.14. The third-order valence-electron chi connectivity index (χ3n) is 15.1. The average Bonchev–Trinajstić information content (AvgIpc) is 3.40. The summed E-state index contributed by atoms with van der Waals surface area (Å²) in [6, 6.07) is 0. The van der Waals surface area contributed by atoms with E-state index in [0.29, 0.717) is 12.8 Å². The first kappa shape index (κ1) is 71.9. The zero-order valence-electron chi connectivity index (χ0n) is 49.9. The van der Waals surface area contributed by atoms with Gasteiger partial charge in [-0.3, -0.25) is 9.59 Å². The summed E-state index contributed by atoms with van der Waals surface area (Å²) in [5, 5.41) is 9.68. The van der Waals surface area contributed by atoms with Gasteiger partial charge in [-0.1, -0.05) is 319 Å². The Bertz CT molecular complexity index is 1220. The molecule has 434 valence electrons. The zero-order chi connectivity index (χ0) is 53.4. The second kappa shape index (κ2) is 65.1. The molecule has 74 heavy (non-hydrogen) atoms. The van der Waals surface area contributed by atoms with Gasteiger partial charge in [-0.25, -0.2) is 0 Å². The highest BCUT2D eigenvalue weighted by Gasteiger charge is 2.16. The third kappa shape index (κ3) is 62.4. The molecule has 0 fully saturated rings. The zero-order valence-corrected chi connectivity index (χ0v) is 49.9. The second-order valence-electron chi connectivity index (χ2n) is 22.5. The molecule has 1 N–H and O–H groups in total. The van der Waals surface area contributed by atoms with Crippen LogP contribution in [0.5, 0.6) is 0 Å². The Balaban J connectivity index is 3.40. The molecule has 0 saturated heterocycles. The number of esters is 2. The number of unbranched alkanes of at least 4 members (excludes halogenated alkanes) is 46. The van der Waals surface area contributed by atoms with E-state index in [2.05, 4.69) is 62.5 Å². The molecule has 0 rings (SSSR count). The van der Waals surface area contributed by atoms with Gasteiger partial charge in [0.25, 0.3) is 0 Å². The highest BCUT2D eigenvalue weighted by Crippen LogP contribution is 2.18. The fraction of sp³-hybridized carbons (Fsp3) is 0.855. The number of ether oxygens (including phenoxy) is 2. The van der Waals surface area contributed by atoms with Crippen LogP contribution in [0, 0.1) is 0 Å². The standard InChI is InChI=1S/C69H128O5/c1-3-5-7-9-11-13-15-17-19-21-23-25-27-28-29-30-31-32-33-34-35-36-37-38-39-40-42-44-46-48-50-52-54-56-58-60-62-64-69(72)74-67(65-70)66-73-68(71)63-61-59-57-55-53-51-49-47-45-43-41-26-24-22-20-18-16-14-12-10-8-6-4-2/h15,17,21-24,27-28,67,70H,3-14,16,18-20,25-26,29-66H2,1-2H3/b17-15-,23-21-,24-22-,28-27-. The summed E-state index contributed by atoms with van der Waals surface area (Å²) in [5.41, 5.74) is 0. The summed E-state index contributed by atoms with van der Waals surface area (Å²) in [7, 11) is 0. The predicted octanol–water partition coefficient (Wildman–Crippen LogP) is 22.8. The number of rotatable bonds is 62. The van der Waals surface area contributed by atoms with Crippen LogP contribution in [-0.4, -0.2) is 36.4 Å². The number of aliphatic hydroxyl groups excluding tert-OH is 1. The van der Waals surface area contributed by atoms with Crippen molar-refractivity contribution in [2.45, 2.75) is 367 Å². The van der Waals surface area contributed by atoms with Crippen LogP contribution in [0.1, 0.15) is 361 Å². The first-order valence-corrected chi connectivity index (χ1v) is 33.2. The second-order valence-corrected chi connectivity index (χ2v) is 22.5. The molecule has 0 aliphatic rings. The molecule has 0 aromatic heterocycles. The number of carbonyl (C=O) groups excluding carboxylic acids is 2. The average molecular weight is 1040 g/mol. The van der Waals surface area contributed by atoms with Crippen molar-refractivity contribution in [2.24, 2.45) is 0 Å². The van der Waals surface area contributed by atoms with Gasteiger partial charge in [0, 0.05) is 12.8 Å². The third-order valence-corrected chi connectivity index (χ3v) is 15.1. The topological polar surface area (TPSA) is 72.8 Å². The molecule has 5 nitrogen and oxygen atoms in total. The summed E-state index contributed by atoms with van der Waals surface area (Å²) in [4.78, 5) is 24.6. The molecule has 1 atom stereocenters. The Labute approximate surface area is 462 Å². The highest BCUT2D eigenvalue weighted by molar-refractivity contribution is 5.70. The highest BCUT2D eigenvalue weighted by atomic mass is 16.6. The van der Waals surface area contributed by atoms with Gasteiger partial charge in [0.1, 0.15) is 6.61 Å². The van der Waals surface area contributed by atoms with Gasteiger partial charge in [-0.15, -0.1) is 0 Å². The number of aliphatic hydroxyl groups is 1. The van der Waals surface area contributed by atoms with E-state index in [9.17, 15) is 14.7 Å². The molecule has 0 amide bonds. The van der Waals surface area contributed by atoms with Crippen molar-refractivity contribution in [2.75, 3.05) is 13.2 Å². The minimum atomic E-state index is -0.771. The van der Waals surface area contributed by atoms with E-state index in [1.54, 1.807) is 0 Å². The van der Waals surface area contributed by atoms with Gasteiger partial charge in [0.15, 0.2) is 6.10 Å². The first-order valence-electron chi connectivity index (χ1n) is 33.2. The van der Waals surface area contributed by atoms with E-state index in [0.717, 1.165) is 51.4 Å². The fourth-order valence-corrected chi connectivity index (χ4v) is 10.1. The lowest BCUT2D eigenvalue weighted by Crippen LogP contribution is -2.28. The van der Waals surface area contributed by atoms with E-state index in [-0.39, 0.29) is 25.2 Å². The van der Waals surface area contributed by atoms with Crippen LogP contribution < -0.4 is 0 Å². The van der Waals surface area contributed by atoms with Crippen molar-refractivity contribution in [1.29, 1.82) is 0 Å². The lowest BCUT2D eigenvalue weighted by Gasteiger charge is -2.15. The van der Waals surface area contributed by atoms with Crippen LogP contribution in [0.2, 0.25) is 0 Å². The summed E-state index contributed by atoms with van der Waals surface area (Å²) >= 11 is 0. The number of hydrogen-bond acceptors (Lipinski definition) is 5. The minimum Gasteiger partial charge on any atom is -0.462 e. The normalized spacial score (nSPS) is 12.4. The monoisotopic (exact) mass is 1040 g/mol. The SMILES string of the molecule is CCCCCCC/C=C\C/C=C\C/C=C\CCCCCCCCCCCCCCCCCCCCCCCCC(=O)OC(CO)COC(=O)CCCCCCCCCCCCC/C=C\CCCCCCCCCC. The first-order chi connectivity index (χ1) is 36.6. The van der Waals surface area contributed by atoms with Crippen LogP contribution in [0.4, 0.5) is 0 Å². The fourth-order valence-electron chi connectivity index (χ4n) is 10.1. The Morgan fingerprint density at radius 1 is 0.311 bits per heavy atom. The van der Waals surface area contributed by atoms with Crippen LogP contribution in [0.15, 0.2) is 48.6 Å². The van der Waals surface area contributed by atoms with E-state index in [1.165, 1.54) is 283 Å². The van der Waals surface area contributed by atoms with Crippen molar-refractivity contribution in [1.82, 2.24) is 0 Å². The van der Waals surface area contributed by atoms with Crippen LogP contribution in [-0.2, 0) is 19.1 Å². The summed E-state index contributed by atoms with van der Waals surface area (Å²) in [6.07, 6.45) is 87.0. The van der Waals surface area contributed by atoms with E-state index >= 15 is 0 Å². The number of allylic oxidation sites excluding steroid dienone is 8. The molecule has 0 saturated carbocycles.